The molecule has 0 aliphatic rings. The Morgan fingerprint density at radius 3 is 2.47 bits per heavy atom. The van der Waals surface area contributed by atoms with Crippen molar-refractivity contribution in [1.29, 1.82) is 0 Å². The summed E-state index contributed by atoms with van der Waals surface area (Å²) >= 11 is 9.29. The molecular weight excluding hydrogens is 328 g/mol. The molecule has 5 heteroatoms. The summed E-state index contributed by atoms with van der Waals surface area (Å²) in [6.07, 6.45) is 0. The Morgan fingerprint density at radius 2 is 1.68 bits per heavy atom. The third-order valence-corrected chi connectivity index (χ3v) is 3.27. The Morgan fingerprint density at radius 1 is 0.947 bits per heavy atom. The van der Waals surface area contributed by atoms with E-state index in [9.17, 15) is 0 Å². The van der Waals surface area contributed by atoms with Crippen molar-refractivity contribution in [3.8, 4) is 11.6 Å². The number of ether oxygens (including phenoxy) is 1. The summed E-state index contributed by atoms with van der Waals surface area (Å²) in [5.41, 5.74) is 0.759. The second-order valence-electron chi connectivity index (χ2n) is 3.87. The van der Waals surface area contributed by atoms with Crippen LogP contribution in [0.15, 0.2) is 53.0 Å². The molecule has 94 valence electrons. The molecule has 0 unspecified atom stereocenters. The molecule has 0 saturated heterocycles. The maximum Gasteiger partial charge on any atom is 0.231 e. The van der Waals surface area contributed by atoms with E-state index in [-0.39, 0.29) is 5.28 Å². The van der Waals surface area contributed by atoms with Gasteiger partial charge in [0.15, 0.2) is 0 Å². The lowest BCUT2D eigenvalue weighted by molar-refractivity contribution is 0.468. The van der Waals surface area contributed by atoms with Crippen molar-refractivity contribution in [3.63, 3.8) is 0 Å². The molecule has 0 amide bonds. The monoisotopic (exact) mass is 334 g/mol. The molecule has 0 fully saturated rings. The highest BCUT2D eigenvalue weighted by Crippen LogP contribution is 2.28. The molecule has 3 rings (SSSR count). The van der Waals surface area contributed by atoms with E-state index in [1.807, 2.05) is 48.5 Å². The fourth-order valence-electron chi connectivity index (χ4n) is 1.71. The number of hydrogen-bond acceptors (Lipinski definition) is 3. The zero-order valence-corrected chi connectivity index (χ0v) is 12.0. The summed E-state index contributed by atoms with van der Waals surface area (Å²) in [7, 11) is 0. The Bertz CT molecular complexity index is 731. The van der Waals surface area contributed by atoms with Gasteiger partial charge in [0, 0.05) is 4.47 Å². The molecule has 1 aromatic heterocycles. The first-order chi connectivity index (χ1) is 9.22. The Hall–Kier alpha value is -1.65. The predicted molar refractivity (Wildman–Crippen MR) is 78.8 cm³/mol. The van der Waals surface area contributed by atoms with Gasteiger partial charge in [0.05, 0.1) is 10.9 Å². The maximum atomic E-state index is 5.91. The van der Waals surface area contributed by atoms with Gasteiger partial charge in [0.2, 0.25) is 11.2 Å². The Labute approximate surface area is 123 Å². The molecule has 0 aliphatic carbocycles. The van der Waals surface area contributed by atoms with Crippen molar-refractivity contribution >= 4 is 38.4 Å². The van der Waals surface area contributed by atoms with E-state index in [2.05, 4.69) is 25.9 Å². The van der Waals surface area contributed by atoms with E-state index in [0.29, 0.717) is 11.6 Å². The van der Waals surface area contributed by atoms with Crippen molar-refractivity contribution in [3.05, 3.63) is 58.3 Å². The van der Waals surface area contributed by atoms with E-state index in [0.717, 1.165) is 15.4 Å². The van der Waals surface area contributed by atoms with Crippen LogP contribution in [0.25, 0.3) is 10.9 Å². The maximum absolute atomic E-state index is 5.91. The van der Waals surface area contributed by atoms with Crippen molar-refractivity contribution in [2.45, 2.75) is 0 Å². The number of rotatable bonds is 2. The standard InChI is InChI=1S/C14H8BrClN2O/c15-9-5-7-10(8-6-9)19-13-11-3-1-2-4-12(11)17-14(16)18-13/h1-8H. The highest BCUT2D eigenvalue weighted by atomic mass is 79.9. The smallest absolute Gasteiger partial charge is 0.231 e. The van der Waals surface area contributed by atoms with Crippen molar-refractivity contribution in [2.24, 2.45) is 0 Å². The fourth-order valence-corrected chi connectivity index (χ4v) is 2.14. The van der Waals surface area contributed by atoms with E-state index in [1.54, 1.807) is 0 Å². The summed E-state index contributed by atoms with van der Waals surface area (Å²) in [6, 6.07) is 15.1. The van der Waals surface area contributed by atoms with Crippen LogP contribution < -0.4 is 4.74 Å². The van der Waals surface area contributed by atoms with Crippen molar-refractivity contribution in [1.82, 2.24) is 9.97 Å². The van der Waals surface area contributed by atoms with Crippen LogP contribution in [0.4, 0.5) is 0 Å². The minimum absolute atomic E-state index is 0.172. The second kappa shape index (κ2) is 5.15. The minimum atomic E-state index is 0.172. The van der Waals surface area contributed by atoms with Gasteiger partial charge in [-0.05, 0) is 48.0 Å². The molecule has 2 aromatic carbocycles. The zero-order valence-electron chi connectivity index (χ0n) is 9.68. The van der Waals surface area contributed by atoms with Crippen LogP contribution >= 0.6 is 27.5 Å². The third kappa shape index (κ3) is 2.69. The van der Waals surface area contributed by atoms with Crippen molar-refractivity contribution in [2.75, 3.05) is 0 Å². The van der Waals surface area contributed by atoms with Crippen LogP contribution in [0.2, 0.25) is 5.28 Å². The van der Waals surface area contributed by atoms with Crippen LogP contribution in [-0.2, 0) is 0 Å². The summed E-state index contributed by atoms with van der Waals surface area (Å²) in [4.78, 5) is 8.30. The predicted octanol–water partition coefficient (Wildman–Crippen LogP) is 4.84. The van der Waals surface area contributed by atoms with Gasteiger partial charge in [0.25, 0.3) is 0 Å². The van der Waals surface area contributed by atoms with Gasteiger partial charge >= 0.3 is 0 Å². The third-order valence-electron chi connectivity index (χ3n) is 2.57. The Kier molecular flexibility index (Phi) is 3.36. The average molecular weight is 336 g/mol. The zero-order chi connectivity index (χ0) is 13.2. The molecule has 0 atom stereocenters. The molecule has 0 aliphatic heterocycles. The fraction of sp³-hybridized carbons (Fsp3) is 0. The SMILES string of the molecule is Clc1nc(Oc2ccc(Br)cc2)c2ccccc2n1. The molecule has 3 aromatic rings. The molecule has 1 heterocycles. The number of nitrogens with zero attached hydrogens (tertiary/aromatic N) is 2. The van der Waals surface area contributed by atoms with E-state index >= 15 is 0 Å². The summed E-state index contributed by atoms with van der Waals surface area (Å²) < 4.78 is 6.76. The molecule has 19 heavy (non-hydrogen) atoms. The van der Waals surface area contributed by atoms with Crippen LogP contribution in [0, 0.1) is 0 Å². The number of fused-ring (bicyclic) bond motifs is 1. The van der Waals surface area contributed by atoms with E-state index in [4.69, 9.17) is 16.3 Å². The van der Waals surface area contributed by atoms with Crippen LogP contribution in [0.1, 0.15) is 0 Å². The molecular formula is C14H8BrClN2O. The number of aromatic nitrogens is 2. The van der Waals surface area contributed by atoms with Gasteiger partial charge in [-0.2, -0.15) is 4.98 Å². The molecule has 3 nitrogen and oxygen atoms in total. The lowest BCUT2D eigenvalue weighted by atomic mass is 10.2. The van der Waals surface area contributed by atoms with Gasteiger partial charge in [-0.3, -0.25) is 0 Å². The van der Waals surface area contributed by atoms with Crippen LogP contribution in [0.5, 0.6) is 11.6 Å². The quantitative estimate of drug-likeness (QED) is 0.629. The van der Waals surface area contributed by atoms with Crippen LogP contribution in [0.3, 0.4) is 0 Å². The number of benzene rings is 2. The molecule has 0 bridgehead atoms. The number of halogens is 2. The first kappa shape index (κ1) is 12.4. The summed E-state index contributed by atoms with van der Waals surface area (Å²) in [5.74, 6) is 1.15. The second-order valence-corrected chi connectivity index (χ2v) is 5.12. The number of hydrogen-bond donors (Lipinski definition) is 0. The van der Waals surface area contributed by atoms with Crippen LogP contribution in [-0.4, -0.2) is 9.97 Å². The van der Waals surface area contributed by atoms with E-state index in [1.165, 1.54) is 0 Å². The lowest BCUT2D eigenvalue weighted by Crippen LogP contribution is -1.92. The topological polar surface area (TPSA) is 35.0 Å². The Balaban J connectivity index is 2.07. The van der Waals surface area contributed by atoms with Gasteiger partial charge in [-0.1, -0.05) is 28.1 Å². The minimum Gasteiger partial charge on any atom is -0.438 e. The molecule has 0 N–H and O–H groups in total. The normalized spacial score (nSPS) is 10.6. The van der Waals surface area contributed by atoms with E-state index < -0.39 is 0 Å². The molecule has 0 radical (unpaired) electrons. The highest BCUT2D eigenvalue weighted by molar-refractivity contribution is 9.10. The van der Waals surface area contributed by atoms with Gasteiger partial charge in [0.1, 0.15) is 5.75 Å². The first-order valence-electron chi connectivity index (χ1n) is 5.58. The van der Waals surface area contributed by atoms with Gasteiger partial charge in [-0.15, -0.1) is 0 Å². The number of para-hydroxylation sites is 1. The highest BCUT2D eigenvalue weighted by Gasteiger charge is 2.08. The molecule has 0 spiro atoms. The first-order valence-corrected chi connectivity index (χ1v) is 6.75. The average Bonchev–Trinajstić information content (AvgIpc) is 2.41. The van der Waals surface area contributed by atoms with Crippen molar-refractivity contribution < 1.29 is 4.74 Å². The lowest BCUT2D eigenvalue weighted by Gasteiger charge is -2.07. The summed E-state index contributed by atoms with van der Waals surface area (Å²) in [5, 5.41) is 1.00. The summed E-state index contributed by atoms with van der Waals surface area (Å²) in [6.45, 7) is 0. The van der Waals surface area contributed by atoms with Gasteiger partial charge in [-0.25, -0.2) is 4.98 Å². The largest absolute Gasteiger partial charge is 0.438 e. The van der Waals surface area contributed by atoms with Gasteiger partial charge < -0.3 is 4.74 Å². The molecule has 0 saturated carbocycles.